The first-order chi connectivity index (χ1) is 13.9. The van der Waals surface area contributed by atoms with Gasteiger partial charge in [-0.1, -0.05) is 6.07 Å². The maximum absolute atomic E-state index is 13.1. The molecule has 0 bridgehead atoms. The molecular formula is C19H12F3N3O4S. The Hall–Kier alpha value is -3.39. The van der Waals surface area contributed by atoms with E-state index in [0.29, 0.717) is 27.7 Å². The van der Waals surface area contributed by atoms with E-state index in [1.54, 1.807) is 32.0 Å². The number of carbonyl (C=O) groups is 1. The van der Waals surface area contributed by atoms with Crippen LogP contribution < -0.4 is 4.18 Å². The van der Waals surface area contributed by atoms with E-state index < -0.39 is 32.7 Å². The number of nitrogens with zero attached hydrogens (tertiary/aromatic N) is 2. The fourth-order valence-corrected chi connectivity index (χ4v) is 3.94. The first-order valence-corrected chi connectivity index (χ1v) is 9.91. The van der Waals surface area contributed by atoms with E-state index in [1.165, 1.54) is 6.07 Å². The molecule has 0 unspecified atom stereocenters. The number of fused-ring (bicyclic) bond motifs is 4. The summed E-state index contributed by atoms with van der Waals surface area (Å²) in [4.78, 5) is 20.1. The SMILES string of the molecule is CC1(C)c2nc(OS(=O)(=O)C(F)(F)F)ccc2C(=O)c2c1[nH]c1cc(C#N)ccc21. The summed E-state index contributed by atoms with van der Waals surface area (Å²) in [5, 5.41) is 9.68. The van der Waals surface area contributed by atoms with Gasteiger partial charge in [-0.3, -0.25) is 4.79 Å². The van der Waals surface area contributed by atoms with Gasteiger partial charge in [0.2, 0.25) is 5.88 Å². The van der Waals surface area contributed by atoms with Crippen molar-refractivity contribution in [2.75, 3.05) is 0 Å². The molecule has 0 spiro atoms. The molecule has 11 heteroatoms. The van der Waals surface area contributed by atoms with Crippen LogP contribution in [0.1, 0.15) is 46.7 Å². The number of aromatic nitrogens is 2. The summed E-state index contributed by atoms with van der Waals surface area (Å²) >= 11 is 0. The normalized spacial score (nSPS) is 15.4. The maximum Gasteiger partial charge on any atom is 0.534 e. The number of pyridine rings is 1. The lowest BCUT2D eigenvalue weighted by atomic mass is 9.74. The molecular weight excluding hydrogens is 423 g/mol. The van der Waals surface area contributed by atoms with Gasteiger partial charge < -0.3 is 9.17 Å². The van der Waals surface area contributed by atoms with E-state index in [0.717, 1.165) is 6.07 Å². The van der Waals surface area contributed by atoms with Crippen molar-refractivity contribution in [1.29, 1.82) is 5.26 Å². The lowest BCUT2D eigenvalue weighted by molar-refractivity contribution is -0.0501. The molecule has 0 aliphatic heterocycles. The van der Waals surface area contributed by atoms with Crippen molar-refractivity contribution in [1.82, 2.24) is 9.97 Å². The van der Waals surface area contributed by atoms with Gasteiger partial charge in [0.15, 0.2) is 5.78 Å². The van der Waals surface area contributed by atoms with E-state index in [1.807, 2.05) is 6.07 Å². The molecule has 1 aromatic carbocycles. The standard InChI is InChI=1S/C19H12F3N3O4S/c1-18(2)16-11(5-6-13(25-16)29-30(27,28)19(20,21)22)15(26)14-10-4-3-9(8-23)7-12(10)24-17(14)18/h3-7,24H,1-2H3. The quantitative estimate of drug-likeness (QED) is 0.487. The van der Waals surface area contributed by atoms with Gasteiger partial charge in [-0.2, -0.15) is 26.9 Å². The van der Waals surface area contributed by atoms with Gasteiger partial charge in [0.25, 0.3) is 0 Å². The molecule has 4 rings (SSSR count). The molecule has 2 heterocycles. The van der Waals surface area contributed by atoms with Gasteiger partial charge in [-0.15, -0.1) is 0 Å². The Morgan fingerprint density at radius 2 is 1.90 bits per heavy atom. The lowest BCUT2D eigenvalue weighted by Gasteiger charge is -2.30. The minimum atomic E-state index is -5.90. The molecule has 154 valence electrons. The highest BCUT2D eigenvalue weighted by Gasteiger charge is 2.49. The third-order valence-corrected chi connectivity index (χ3v) is 5.92. The predicted molar refractivity (Wildman–Crippen MR) is 98.4 cm³/mol. The van der Waals surface area contributed by atoms with Gasteiger partial charge in [-0.05, 0) is 32.0 Å². The second kappa shape index (κ2) is 6.06. The molecule has 2 aromatic heterocycles. The van der Waals surface area contributed by atoms with Crippen molar-refractivity contribution in [3.63, 3.8) is 0 Å². The zero-order valence-corrected chi connectivity index (χ0v) is 16.3. The number of hydrogen-bond acceptors (Lipinski definition) is 6. The van der Waals surface area contributed by atoms with E-state index in [-0.39, 0.29) is 11.3 Å². The number of ketones is 1. The molecule has 1 aliphatic rings. The van der Waals surface area contributed by atoms with Crippen molar-refractivity contribution in [3.05, 3.63) is 58.4 Å². The van der Waals surface area contributed by atoms with Crippen LogP contribution in [0.15, 0.2) is 30.3 Å². The third kappa shape index (κ3) is 2.75. The summed E-state index contributed by atoms with van der Waals surface area (Å²) in [6.45, 7) is 3.37. The second-order valence-corrected chi connectivity index (χ2v) is 8.77. The Balaban J connectivity index is 1.89. The van der Waals surface area contributed by atoms with Crippen LogP contribution in [-0.4, -0.2) is 29.7 Å². The Morgan fingerprint density at radius 1 is 1.20 bits per heavy atom. The number of halogens is 3. The fourth-order valence-electron chi connectivity index (χ4n) is 3.53. The van der Waals surface area contributed by atoms with Crippen molar-refractivity contribution >= 4 is 26.8 Å². The van der Waals surface area contributed by atoms with Crippen molar-refractivity contribution in [3.8, 4) is 11.9 Å². The Kier molecular flexibility index (Phi) is 4.02. The van der Waals surface area contributed by atoms with Gasteiger partial charge in [-0.25, -0.2) is 4.98 Å². The summed E-state index contributed by atoms with van der Waals surface area (Å²) in [6.07, 6.45) is 0. The Bertz CT molecular complexity index is 1380. The number of H-pyrrole nitrogens is 1. The average Bonchev–Trinajstić information content (AvgIpc) is 3.05. The molecule has 0 saturated carbocycles. The minimum absolute atomic E-state index is 0.0712. The van der Waals surface area contributed by atoms with Gasteiger partial charge in [0.05, 0.1) is 22.9 Å². The maximum atomic E-state index is 13.1. The molecule has 3 aromatic rings. The number of nitrogens with one attached hydrogen (secondary N) is 1. The monoisotopic (exact) mass is 435 g/mol. The largest absolute Gasteiger partial charge is 0.534 e. The van der Waals surface area contributed by atoms with Gasteiger partial charge >= 0.3 is 15.6 Å². The summed E-state index contributed by atoms with van der Waals surface area (Å²) < 4.78 is 64.6. The number of carbonyl (C=O) groups excluding carboxylic acids is 1. The number of alkyl halides is 3. The van der Waals surface area contributed by atoms with Crippen LogP contribution in [0.25, 0.3) is 10.9 Å². The zero-order chi connectivity index (χ0) is 22.1. The molecule has 1 aliphatic carbocycles. The van der Waals surface area contributed by atoms with Crippen LogP contribution in [0.2, 0.25) is 0 Å². The molecule has 7 nitrogen and oxygen atoms in total. The number of hydrogen-bond donors (Lipinski definition) is 1. The van der Waals surface area contributed by atoms with Crippen molar-refractivity contribution in [2.45, 2.75) is 24.8 Å². The number of rotatable bonds is 2. The van der Waals surface area contributed by atoms with Crippen LogP contribution in [0.4, 0.5) is 13.2 Å². The first kappa shape index (κ1) is 19.9. The highest BCUT2D eigenvalue weighted by Crippen LogP contribution is 2.43. The fraction of sp³-hybridized carbons (Fsp3) is 0.211. The number of benzene rings is 1. The molecule has 0 radical (unpaired) electrons. The summed E-state index contributed by atoms with van der Waals surface area (Å²) in [5.41, 5.74) is -4.67. The number of aromatic amines is 1. The van der Waals surface area contributed by atoms with E-state index in [2.05, 4.69) is 14.2 Å². The molecule has 0 atom stereocenters. The second-order valence-electron chi connectivity index (χ2n) is 7.23. The van der Waals surface area contributed by atoms with Gasteiger partial charge in [0.1, 0.15) is 0 Å². The minimum Gasteiger partial charge on any atom is -0.357 e. The average molecular weight is 435 g/mol. The highest BCUT2D eigenvalue weighted by molar-refractivity contribution is 7.87. The third-order valence-electron chi connectivity index (χ3n) is 4.96. The highest BCUT2D eigenvalue weighted by atomic mass is 32.2. The topological polar surface area (TPSA) is 113 Å². The van der Waals surface area contributed by atoms with Crippen LogP contribution in [0, 0.1) is 11.3 Å². The van der Waals surface area contributed by atoms with Crippen molar-refractivity contribution < 1.29 is 30.6 Å². The number of nitriles is 1. The molecule has 1 N–H and O–H groups in total. The van der Waals surface area contributed by atoms with Gasteiger partial charge in [0, 0.05) is 33.6 Å². The molecule has 0 amide bonds. The first-order valence-electron chi connectivity index (χ1n) is 8.50. The van der Waals surface area contributed by atoms with E-state index in [9.17, 15) is 26.4 Å². The molecule has 30 heavy (non-hydrogen) atoms. The van der Waals surface area contributed by atoms with Crippen molar-refractivity contribution in [2.24, 2.45) is 0 Å². The Labute approximate surface area is 168 Å². The molecule has 0 saturated heterocycles. The lowest BCUT2D eigenvalue weighted by Crippen LogP contribution is -2.32. The van der Waals surface area contributed by atoms with Crippen LogP contribution in [0.3, 0.4) is 0 Å². The summed E-state index contributed by atoms with van der Waals surface area (Å²) in [5.74, 6) is -1.22. The summed E-state index contributed by atoms with van der Waals surface area (Å²) in [6, 6.07) is 8.90. The van der Waals surface area contributed by atoms with Crippen LogP contribution >= 0.6 is 0 Å². The smallest absolute Gasteiger partial charge is 0.357 e. The van der Waals surface area contributed by atoms with Crippen LogP contribution in [-0.2, 0) is 15.5 Å². The van der Waals surface area contributed by atoms with E-state index >= 15 is 0 Å². The van der Waals surface area contributed by atoms with Crippen LogP contribution in [0.5, 0.6) is 5.88 Å². The predicted octanol–water partition coefficient (Wildman–Crippen LogP) is 3.53. The zero-order valence-electron chi connectivity index (χ0n) is 15.5. The summed E-state index contributed by atoms with van der Waals surface area (Å²) in [7, 11) is -5.90. The van der Waals surface area contributed by atoms with E-state index in [4.69, 9.17) is 5.26 Å². The Morgan fingerprint density at radius 3 is 2.53 bits per heavy atom. The molecule has 0 fully saturated rings.